The van der Waals surface area contributed by atoms with E-state index in [4.69, 9.17) is 10.5 Å². The fourth-order valence-electron chi connectivity index (χ4n) is 1.15. The molecule has 0 atom stereocenters. The van der Waals surface area contributed by atoms with Crippen molar-refractivity contribution in [1.29, 1.82) is 10.5 Å². The zero-order valence-electron chi connectivity index (χ0n) is 7.12. The van der Waals surface area contributed by atoms with Crippen molar-refractivity contribution in [3.8, 4) is 12.1 Å². The van der Waals surface area contributed by atoms with Crippen LogP contribution in [0.5, 0.6) is 0 Å². The lowest BCUT2D eigenvalue weighted by molar-refractivity contribution is 1.24. The standard InChI is InChI=1S/C11H8N2/c1-2-4-9-5-3-6-10(7-12)11(9)8-13/h2-3,5-6H,1,4H2. The summed E-state index contributed by atoms with van der Waals surface area (Å²) in [5.74, 6) is 0. The van der Waals surface area contributed by atoms with E-state index in [1.165, 1.54) is 0 Å². The molecule has 1 rings (SSSR count). The van der Waals surface area contributed by atoms with Gasteiger partial charge in [-0.2, -0.15) is 10.5 Å². The first kappa shape index (κ1) is 9.03. The minimum atomic E-state index is 0.432. The SMILES string of the molecule is C=CCc1cccc(C#N)c1C#N. The largest absolute Gasteiger partial charge is 0.192 e. The van der Waals surface area contributed by atoms with Crippen LogP contribution < -0.4 is 0 Å². The average molecular weight is 168 g/mol. The third-order valence-electron chi connectivity index (χ3n) is 1.75. The summed E-state index contributed by atoms with van der Waals surface area (Å²) in [6.07, 6.45) is 2.34. The van der Waals surface area contributed by atoms with Crippen LogP contribution in [-0.2, 0) is 6.42 Å². The Morgan fingerprint density at radius 3 is 2.62 bits per heavy atom. The van der Waals surface area contributed by atoms with Crippen LogP contribution in [0.15, 0.2) is 30.9 Å². The summed E-state index contributed by atoms with van der Waals surface area (Å²) in [5, 5.41) is 17.5. The molecule has 1 aromatic carbocycles. The lowest BCUT2D eigenvalue weighted by Crippen LogP contribution is -1.91. The maximum absolute atomic E-state index is 8.82. The van der Waals surface area contributed by atoms with E-state index in [-0.39, 0.29) is 0 Å². The summed E-state index contributed by atoms with van der Waals surface area (Å²) < 4.78 is 0. The van der Waals surface area contributed by atoms with Gasteiger partial charge in [-0.15, -0.1) is 6.58 Å². The summed E-state index contributed by atoms with van der Waals surface area (Å²) >= 11 is 0. The Bertz CT molecular complexity index is 405. The Balaban J connectivity index is 3.30. The van der Waals surface area contributed by atoms with E-state index in [1.807, 2.05) is 18.2 Å². The van der Waals surface area contributed by atoms with Gasteiger partial charge in [-0.1, -0.05) is 18.2 Å². The molecule has 0 aromatic heterocycles. The fraction of sp³-hybridized carbons (Fsp3) is 0.0909. The Morgan fingerprint density at radius 2 is 2.08 bits per heavy atom. The van der Waals surface area contributed by atoms with Gasteiger partial charge in [0.15, 0.2) is 0 Å². The van der Waals surface area contributed by atoms with Gasteiger partial charge in [0.2, 0.25) is 0 Å². The van der Waals surface area contributed by atoms with Gasteiger partial charge in [0.25, 0.3) is 0 Å². The highest BCUT2D eigenvalue weighted by Gasteiger charge is 2.04. The van der Waals surface area contributed by atoms with Gasteiger partial charge in [0, 0.05) is 0 Å². The highest BCUT2D eigenvalue weighted by molar-refractivity contribution is 5.50. The van der Waals surface area contributed by atoms with E-state index in [0.717, 1.165) is 5.56 Å². The number of nitriles is 2. The van der Waals surface area contributed by atoms with E-state index < -0.39 is 0 Å². The van der Waals surface area contributed by atoms with Crippen LogP contribution in [0.25, 0.3) is 0 Å². The number of rotatable bonds is 2. The molecule has 2 nitrogen and oxygen atoms in total. The predicted molar refractivity (Wildman–Crippen MR) is 49.8 cm³/mol. The summed E-state index contributed by atoms with van der Waals surface area (Å²) in [6.45, 7) is 3.59. The van der Waals surface area contributed by atoms with Crippen LogP contribution in [0, 0.1) is 22.7 Å². The second-order valence-corrected chi connectivity index (χ2v) is 2.56. The van der Waals surface area contributed by atoms with Gasteiger partial charge < -0.3 is 0 Å². The summed E-state index contributed by atoms with van der Waals surface area (Å²) in [4.78, 5) is 0. The number of hydrogen-bond donors (Lipinski definition) is 0. The van der Waals surface area contributed by atoms with Gasteiger partial charge in [-0.05, 0) is 18.1 Å². The molecule has 1 aromatic rings. The van der Waals surface area contributed by atoms with Crippen LogP contribution in [0.4, 0.5) is 0 Å². The Labute approximate surface area is 77.4 Å². The highest BCUT2D eigenvalue weighted by atomic mass is 14.3. The Morgan fingerprint density at radius 1 is 1.31 bits per heavy atom. The molecular formula is C11H8N2. The molecule has 62 valence electrons. The first-order valence-electron chi connectivity index (χ1n) is 3.86. The number of benzene rings is 1. The first-order valence-corrected chi connectivity index (χ1v) is 3.86. The Hall–Kier alpha value is -2.06. The van der Waals surface area contributed by atoms with Gasteiger partial charge in [-0.25, -0.2) is 0 Å². The molecule has 0 spiro atoms. The zero-order chi connectivity index (χ0) is 9.68. The smallest absolute Gasteiger partial charge is 0.101 e. The van der Waals surface area contributed by atoms with E-state index in [1.54, 1.807) is 18.2 Å². The molecule has 13 heavy (non-hydrogen) atoms. The maximum Gasteiger partial charge on any atom is 0.101 e. The summed E-state index contributed by atoms with van der Waals surface area (Å²) in [6, 6.07) is 9.27. The molecule has 0 unspecified atom stereocenters. The average Bonchev–Trinajstić information content (AvgIpc) is 2.18. The maximum atomic E-state index is 8.82. The molecule has 2 heteroatoms. The molecule has 0 bridgehead atoms. The van der Waals surface area contributed by atoms with Crippen LogP contribution >= 0.6 is 0 Å². The van der Waals surface area contributed by atoms with E-state index in [0.29, 0.717) is 17.5 Å². The van der Waals surface area contributed by atoms with Crippen molar-refractivity contribution in [1.82, 2.24) is 0 Å². The normalized spacial score (nSPS) is 8.46. The van der Waals surface area contributed by atoms with E-state index in [2.05, 4.69) is 6.58 Å². The number of nitrogens with zero attached hydrogens (tertiary/aromatic N) is 2. The van der Waals surface area contributed by atoms with E-state index in [9.17, 15) is 0 Å². The van der Waals surface area contributed by atoms with E-state index >= 15 is 0 Å². The molecule has 0 saturated heterocycles. The molecule has 0 aliphatic carbocycles. The van der Waals surface area contributed by atoms with Crippen molar-refractivity contribution in [2.45, 2.75) is 6.42 Å². The monoisotopic (exact) mass is 168 g/mol. The lowest BCUT2D eigenvalue weighted by atomic mass is 10.0. The molecule has 0 saturated carbocycles. The van der Waals surface area contributed by atoms with Crippen molar-refractivity contribution in [3.05, 3.63) is 47.5 Å². The molecule has 0 N–H and O–H groups in total. The number of hydrogen-bond acceptors (Lipinski definition) is 2. The summed E-state index contributed by atoms with van der Waals surface area (Å²) in [5.41, 5.74) is 1.75. The second-order valence-electron chi connectivity index (χ2n) is 2.56. The third-order valence-corrected chi connectivity index (χ3v) is 1.75. The van der Waals surface area contributed by atoms with Crippen LogP contribution in [0.3, 0.4) is 0 Å². The molecule has 0 heterocycles. The Kier molecular flexibility index (Phi) is 2.84. The van der Waals surface area contributed by atoms with Gasteiger partial charge in [-0.3, -0.25) is 0 Å². The molecule has 0 fully saturated rings. The fourth-order valence-corrected chi connectivity index (χ4v) is 1.15. The topological polar surface area (TPSA) is 47.6 Å². The quantitative estimate of drug-likeness (QED) is 0.635. The minimum Gasteiger partial charge on any atom is -0.192 e. The number of allylic oxidation sites excluding steroid dienone is 1. The van der Waals surface area contributed by atoms with Crippen molar-refractivity contribution in [2.75, 3.05) is 0 Å². The zero-order valence-corrected chi connectivity index (χ0v) is 7.12. The second kappa shape index (κ2) is 4.09. The van der Waals surface area contributed by atoms with Crippen molar-refractivity contribution < 1.29 is 0 Å². The molecule has 0 radical (unpaired) electrons. The predicted octanol–water partition coefficient (Wildman–Crippen LogP) is 2.16. The van der Waals surface area contributed by atoms with Gasteiger partial charge in [0.1, 0.15) is 12.1 Å². The van der Waals surface area contributed by atoms with Crippen LogP contribution in [0.2, 0.25) is 0 Å². The van der Waals surface area contributed by atoms with Crippen LogP contribution in [0.1, 0.15) is 16.7 Å². The van der Waals surface area contributed by atoms with Gasteiger partial charge in [0.05, 0.1) is 11.1 Å². The van der Waals surface area contributed by atoms with Crippen LogP contribution in [-0.4, -0.2) is 0 Å². The van der Waals surface area contributed by atoms with Gasteiger partial charge >= 0.3 is 0 Å². The molecule has 0 aliphatic rings. The van der Waals surface area contributed by atoms with Crippen molar-refractivity contribution >= 4 is 0 Å². The minimum absolute atomic E-state index is 0.432. The molecular weight excluding hydrogens is 160 g/mol. The summed E-state index contributed by atoms with van der Waals surface area (Å²) in [7, 11) is 0. The highest BCUT2D eigenvalue weighted by Crippen LogP contribution is 2.13. The van der Waals surface area contributed by atoms with Crippen molar-refractivity contribution in [2.24, 2.45) is 0 Å². The lowest BCUT2D eigenvalue weighted by Gasteiger charge is -2.00. The molecule has 0 aliphatic heterocycles. The van der Waals surface area contributed by atoms with Crippen molar-refractivity contribution in [3.63, 3.8) is 0 Å². The first-order chi connectivity index (χ1) is 6.33. The third kappa shape index (κ3) is 1.75. The molecule has 0 amide bonds.